The molecule has 1 heterocycles. The smallest absolute Gasteiger partial charge is 0.264 e. The van der Waals surface area contributed by atoms with Crippen molar-refractivity contribution in [3.05, 3.63) is 87.9 Å². The quantitative estimate of drug-likeness (QED) is 0.491. The zero-order chi connectivity index (χ0) is 23.6. The lowest BCUT2D eigenvalue weighted by Gasteiger charge is -2.20. The molecule has 172 valence electrons. The zero-order valence-electron chi connectivity index (χ0n) is 17.8. The Kier molecular flexibility index (Phi) is 6.83. The maximum atomic E-state index is 13.2. The number of carbonyl (C=O) groups excluding carboxylic acids is 1. The highest BCUT2D eigenvalue weighted by molar-refractivity contribution is 7.92. The van der Waals surface area contributed by atoms with Crippen molar-refractivity contribution >= 4 is 44.8 Å². The predicted molar refractivity (Wildman–Crippen MR) is 130 cm³/mol. The van der Waals surface area contributed by atoms with Crippen LogP contribution in [0.1, 0.15) is 24.1 Å². The number of nitrogens with one attached hydrogen (secondary N) is 1. The van der Waals surface area contributed by atoms with Crippen LogP contribution in [0.25, 0.3) is 0 Å². The fourth-order valence-electron chi connectivity index (χ4n) is 3.71. The summed E-state index contributed by atoms with van der Waals surface area (Å²) in [5.74, 6) is -0.106. The second-order valence-corrected chi connectivity index (χ2v) is 10.4. The number of rotatable bonds is 7. The van der Waals surface area contributed by atoms with E-state index in [1.54, 1.807) is 18.2 Å². The number of benzene rings is 3. The van der Waals surface area contributed by atoms with Gasteiger partial charge in [-0.05, 0) is 60.9 Å². The van der Waals surface area contributed by atoms with Crippen LogP contribution in [-0.2, 0) is 21.2 Å². The summed E-state index contributed by atoms with van der Waals surface area (Å²) in [6.45, 7) is 1.97. The Hall–Kier alpha value is -2.74. The second kappa shape index (κ2) is 9.63. The van der Waals surface area contributed by atoms with E-state index < -0.39 is 10.0 Å². The minimum atomic E-state index is -3.77. The molecule has 4 rings (SSSR count). The molecule has 0 spiro atoms. The highest BCUT2D eigenvalue weighted by Gasteiger charge is 2.31. The predicted octanol–water partition coefficient (Wildman–Crippen LogP) is 5.00. The standard InChI is InChI=1S/C24H22Cl2N2O4S/c1-16(17-6-8-19(25)9-7-17)27-24(29)15-32-23-11-10-20(14-21(23)26)33(30,31)28-13-12-18-4-2-3-5-22(18)28/h2-11,14,16H,12-13,15H2,1H3,(H,27,29)/t16-/m0/s1. The van der Waals surface area contributed by atoms with Gasteiger partial charge in [0.05, 0.1) is 21.6 Å². The normalized spacial score (nSPS) is 14.0. The number of hydrogen-bond acceptors (Lipinski definition) is 4. The van der Waals surface area contributed by atoms with Gasteiger partial charge < -0.3 is 10.1 Å². The Bertz CT molecular complexity index is 1280. The van der Waals surface area contributed by atoms with Crippen molar-refractivity contribution in [2.45, 2.75) is 24.3 Å². The summed E-state index contributed by atoms with van der Waals surface area (Å²) in [7, 11) is -3.77. The van der Waals surface area contributed by atoms with Gasteiger partial charge in [-0.25, -0.2) is 8.42 Å². The number of carbonyl (C=O) groups is 1. The SMILES string of the molecule is C[C@H](NC(=O)COc1ccc(S(=O)(=O)N2CCc3ccccc32)cc1Cl)c1ccc(Cl)cc1. The van der Waals surface area contributed by atoms with E-state index in [4.69, 9.17) is 27.9 Å². The molecule has 0 unspecified atom stereocenters. The molecule has 9 heteroatoms. The van der Waals surface area contributed by atoms with Crippen molar-refractivity contribution in [1.29, 1.82) is 0 Å². The topological polar surface area (TPSA) is 75.7 Å². The Morgan fingerprint density at radius 2 is 1.82 bits per heavy atom. The molecular weight excluding hydrogens is 483 g/mol. The number of anilines is 1. The summed E-state index contributed by atoms with van der Waals surface area (Å²) in [6.07, 6.45) is 0.661. The van der Waals surface area contributed by atoms with E-state index >= 15 is 0 Å². The molecule has 1 atom stereocenters. The van der Waals surface area contributed by atoms with E-state index in [9.17, 15) is 13.2 Å². The first-order chi connectivity index (χ1) is 15.8. The molecule has 3 aromatic carbocycles. The number of sulfonamides is 1. The van der Waals surface area contributed by atoms with Crippen molar-refractivity contribution in [3.63, 3.8) is 0 Å². The van der Waals surface area contributed by atoms with Crippen LogP contribution in [0.3, 0.4) is 0 Å². The first-order valence-electron chi connectivity index (χ1n) is 10.3. The second-order valence-electron chi connectivity index (χ2n) is 7.68. The number of amides is 1. The summed E-state index contributed by atoms with van der Waals surface area (Å²) in [5, 5.41) is 3.57. The molecule has 0 aromatic heterocycles. The lowest BCUT2D eigenvalue weighted by atomic mass is 10.1. The molecule has 0 fully saturated rings. The molecule has 1 aliphatic rings. The van der Waals surface area contributed by atoms with E-state index in [1.165, 1.54) is 22.5 Å². The van der Waals surface area contributed by atoms with Gasteiger partial charge in [-0.3, -0.25) is 9.10 Å². The molecule has 0 aliphatic carbocycles. The number of nitrogens with zero attached hydrogens (tertiary/aromatic N) is 1. The molecule has 0 radical (unpaired) electrons. The summed E-state index contributed by atoms with van der Waals surface area (Å²) in [6, 6.07) is 18.6. The van der Waals surface area contributed by atoms with Crippen LogP contribution < -0.4 is 14.4 Å². The van der Waals surface area contributed by atoms with E-state index in [-0.39, 0.29) is 34.2 Å². The van der Waals surface area contributed by atoms with Gasteiger partial charge in [0.2, 0.25) is 0 Å². The molecular formula is C24H22Cl2N2O4S. The minimum absolute atomic E-state index is 0.0670. The van der Waals surface area contributed by atoms with Crippen molar-refractivity contribution in [1.82, 2.24) is 5.32 Å². The molecule has 1 N–H and O–H groups in total. The molecule has 0 saturated heterocycles. The van der Waals surface area contributed by atoms with Crippen molar-refractivity contribution in [2.24, 2.45) is 0 Å². The average Bonchev–Trinajstić information content (AvgIpc) is 3.23. The van der Waals surface area contributed by atoms with Crippen LogP contribution in [0.2, 0.25) is 10.0 Å². The van der Waals surface area contributed by atoms with Gasteiger partial charge in [0.15, 0.2) is 6.61 Å². The van der Waals surface area contributed by atoms with E-state index in [1.807, 2.05) is 37.3 Å². The van der Waals surface area contributed by atoms with Gasteiger partial charge in [0, 0.05) is 11.6 Å². The molecule has 33 heavy (non-hydrogen) atoms. The zero-order valence-corrected chi connectivity index (χ0v) is 20.1. The Morgan fingerprint density at radius 1 is 1.09 bits per heavy atom. The third-order valence-corrected chi connectivity index (χ3v) is 7.80. The van der Waals surface area contributed by atoms with E-state index in [0.717, 1.165) is 11.1 Å². The van der Waals surface area contributed by atoms with Crippen LogP contribution in [0.15, 0.2) is 71.6 Å². The molecule has 6 nitrogen and oxygen atoms in total. The fourth-order valence-corrected chi connectivity index (χ4v) is 5.66. The van der Waals surface area contributed by atoms with Gasteiger partial charge in [-0.1, -0.05) is 53.5 Å². The minimum Gasteiger partial charge on any atom is -0.482 e. The third kappa shape index (κ3) is 5.11. The Morgan fingerprint density at radius 3 is 2.55 bits per heavy atom. The molecule has 0 bridgehead atoms. The summed E-state index contributed by atoms with van der Waals surface area (Å²) in [5.41, 5.74) is 2.58. The molecule has 0 saturated carbocycles. The summed E-state index contributed by atoms with van der Waals surface area (Å²) < 4.78 is 33.2. The van der Waals surface area contributed by atoms with E-state index in [2.05, 4.69) is 5.32 Å². The molecule has 1 amide bonds. The van der Waals surface area contributed by atoms with E-state index in [0.29, 0.717) is 23.7 Å². The molecule has 1 aliphatic heterocycles. The van der Waals surface area contributed by atoms with Crippen LogP contribution in [0.5, 0.6) is 5.75 Å². The summed E-state index contributed by atoms with van der Waals surface area (Å²) in [4.78, 5) is 12.4. The maximum Gasteiger partial charge on any atom is 0.264 e. The van der Waals surface area contributed by atoms with Gasteiger partial charge >= 0.3 is 0 Å². The Balaban J connectivity index is 1.41. The number of halogens is 2. The summed E-state index contributed by atoms with van der Waals surface area (Å²) >= 11 is 12.2. The van der Waals surface area contributed by atoms with Crippen LogP contribution in [0.4, 0.5) is 5.69 Å². The van der Waals surface area contributed by atoms with Gasteiger partial charge in [0.1, 0.15) is 5.75 Å². The van der Waals surface area contributed by atoms with Gasteiger partial charge in [0.25, 0.3) is 15.9 Å². The largest absolute Gasteiger partial charge is 0.482 e. The Labute approximate surface area is 203 Å². The van der Waals surface area contributed by atoms with Crippen molar-refractivity contribution in [3.8, 4) is 5.75 Å². The average molecular weight is 505 g/mol. The maximum absolute atomic E-state index is 13.2. The molecule has 3 aromatic rings. The van der Waals surface area contributed by atoms with Crippen LogP contribution in [-0.4, -0.2) is 27.5 Å². The van der Waals surface area contributed by atoms with Crippen molar-refractivity contribution < 1.29 is 17.9 Å². The third-order valence-electron chi connectivity index (χ3n) is 5.44. The number of fused-ring (bicyclic) bond motifs is 1. The first-order valence-corrected chi connectivity index (χ1v) is 12.5. The number of para-hydroxylation sites is 1. The van der Waals surface area contributed by atoms with Crippen LogP contribution in [0, 0.1) is 0 Å². The monoisotopic (exact) mass is 504 g/mol. The first kappa shape index (κ1) is 23.4. The van der Waals surface area contributed by atoms with Crippen LogP contribution >= 0.6 is 23.2 Å². The van der Waals surface area contributed by atoms with Crippen molar-refractivity contribution in [2.75, 3.05) is 17.5 Å². The lowest BCUT2D eigenvalue weighted by Crippen LogP contribution is -2.31. The highest BCUT2D eigenvalue weighted by atomic mass is 35.5. The van der Waals surface area contributed by atoms with Gasteiger partial charge in [-0.2, -0.15) is 0 Å². The number of hydrogen-bond donors (Lipinski definition) is 1. The highest BCUT2D eigenvalue weighted by Crippen LogP contribution is 2.35. The number of ether oxygens (including phenoxy) is 1. The van der Waals surface area contributed by atoms with Gasteiger partial charge in [-0.15, -0.1) is 0 Å². The lowest BCUT2D eigenvalue weighted by molar-refractivity contribution is -0.123. The fraction of sp³-hybridized carbons (Fsp3) is 0.208.